The Hall–Kier alpha value is -1.66. The largest absolute Gasteiger partial charge is 0.507 e. The number of methoxy groups -OCH3 is 1. The number of unbranched alkanes of at least 4 members (excludes halogenated alkanes) is 1. The Balaban J connectivity index is 2.21. The first-order valence-corrected chi connectivity index (χ1v) is 6.49. The molecule has 0 spiro atoms. The zero-order valence-corrected chi connectivity index (χ0v) is 11.5. The molecule has 0 unspecified atom stereocenters. The van der Waals surface area contributed by atoms with E-state index in [1.807, 2.05) is 0 Å². The lowest BCUT2D eigenvalue weighted by atomic mass is 10.1. The first-order chi connectivity index (χ1) is 9.66. The second-order valence-corrected chi connectivity index (χ2v) is 4.20. The fourth-order valence-electron chi connectivity index (χ4n) is 1.60. The fourth-order valence-corrected chi connectivity index (χ4v) is 1.60. The van der Waals surface area contributed by atoms with Crippen LogP contribution < -0.4 is 5.32 Å². The third-order valence-corrected chi connectivity index (χ3v) is 2.65. The van der Waals surface area contributed by atoms with Gasteiger partial charge < -0.3 is 19.9 Å². The number of amides is 1. The van der Waals surface area contributed by atoms with Crippen LogP contribution in [0.25, 0.3) is 0 Å². The summed E-state index contributed by atoms with van der Waals surface area (Å²) in [7, 11) is 1.61. The molecular weight excluding hydrogens is 265 g/mol. The van der Waals surface area contributed by atoms with E-state index >= 15 is 0 Å². The Kier molecular flexibility index (Phi) is 7.60. The highest BCUT2D eigenvalue weighted by atomic mass is 19.1. The molecule has 6 heteroatoms. The molecule has 0 radical (unpaired) electrons. The molecule has 0 saturated heterocycles. The summed E-state index contributed by atoms with van der Waals surface area (Å²) in [5, 5.41) is 12.0. The second kappa shape index (κ2) is 9.28. The van der Waals surface area contributed by atoms with Crippen LogP contribution in [0.15, 0.2) is 18.2 Å². The van der Waals surface area contributed by atoms with Crippen LogP contribution in [-0.4, -0.2) is 44.5 Å². The summed E-state index contributed by atoms with van der Waals surface area (Å²) in [5.41, 5.74) is -0.316. The standard InChI is InChI=1S/C14H20FNO4/c1-19-9-10-20-8-3-2-7-16-14(18)13-11(15)5-4-6-12(13)17/h4-6,17H,2-3,7-10H2,1H3,(H,16,18). The fraction of sp³-hybridized carbons (Fsp3) is 0.500. The zero-order valence-electron chi connectivity index (χ0n) is 11.5. The molecule has 1 amide bonds. The van der Waals surface area contributed by atoms with Crippen LogP contribution in [0.4, 0.5) is 4.39 Å². The van der Waals surface area contributed by atoms with Crippen molar-refractivity contribution in [2.45, 2.75) is 12.8 Å². The van der Waals surface area contributed by atoms with Crippen LogP contribution in [0.1, 0.15) is 23.2 Å². The van der Waals surface area contributed by atoms with Gasteiger partial charge >= 0.3 is 0 Å². The molecule has 0 bridgehead atoms. The minimum atomic E-state index is -0.731. The number of hydrogen-bond donors (Lipinski definition) is 2. The predicted molar refractivity (Wildman–Crippen MR) is 72.3 cm³/mol. The van der Waals surface area contributed by atoms with E-state index < -0.39 is 11.7 Å². The van der Waals surface area contributed by atoms with Crippen molar-refractivity contribution in [3.63, 3.8) is 0 Å². The second-order valence-electron chi connectivity index (χ2n) is 4.20. The maximum absolute atomic E-state index is 13.4. The van der Waals surface area contributed by atoms with E-state index in [0.717, 1.165) is 12.5 Å². The van der Waals surface area contributed by atoms with Crippen LogP contribution in [0, 0.1) is 5.82 Å². The molecule has 0 atom stereocenters. The lowest BCUT2D eigenvalue weighted by Gasteiger charge is -2.08. The van der Waals surface area contributed by atoms with Gasteiger partial charge in [0.25, 0.3) is 5.91 Å². The summed E-state index contributed by atoms with van der Waals surface area (Å²) in [4.78, 5) is 11.7. The maximum Gasteiger partial charge on any atom is 0.258 e. The molecule has 1 aromatic rings. The maximum atomic E-state index is 13.4. The molecule has 0 aromatic heterocycles. The SMILES string of the molecule is COCCOCCCCNC(=O)c1c(O)cccc1F. The number of ether oxygens (including phenoxy) is 2. The van der Waals surface area contributed by atoms with E-state index in [4.69, 9.17) is 9.47 Å². The summed E-state index contributed by atoms with van der Waals surface area (Å²) in [6.45, 7) is 2.10. The number of carbonyl (C=O) groups is 1. The number of phenolic OH excluding ortho intramolecular Hbond substituents is 1. The molecule has 2 N–H and O–H groups in total. The number of carbonyl (C=O) groups excluding carboxylic acids is 1. The minimum absolute atomic E-state index is 0.316. The summed E-state index contributed by atoms with van der Waals surface area (Å²) in [5.74, 6) is -1.70. The Morgan fingerprint density at radius 3 is 2.80 bits per heavy atom. The number of halogens is 1. The highest BCUT2D eigenvalue weighted by Crippen LogP contribution is 2.19. The van der Waals surface area contributed by atoms with E-state index in [1.165, 1.54) is 12.1 Å². The lowest BCUT2D eigenvalue weighted by molar-refractivity contribution is 0.0686. The van der Waals surface area contributed by atoms with Gasteiger partial charge in [0.1, 0.15) is 17.1 Å². The molecule has 0 saturated carbocycles. The van der Waals surface area contributed by atoms with E-state index in [1.54, 1.807) is 7.11 Å². The van der Waals surface area contributed by atoms with Crippen molar-refractivity contribution in [3.05, 3.63) is 29.6 Å². The Bertz CT molecular complexity index is 405. The number of nitrogens with one attached hydrogen (secondary N) is 1. The lowest BCUT2D eigenvalue weighted by Crippen LogP contribution is -2.25. The van der Waals surface area contributed by atoms with E-state index in [9.17, 15) is 14.3 Å². The van der Waals surface area contributed by atoms with E-state index in [-0.39, 0.29) is 11.3 Å². The number of hydrogen-bond acceptors (Lipinski definition) is 4. The average Bonchev–Trinajstić information content (AvgIpc) is 2.41. The van der Waals surface area contributed by atoms with Crippen molar-refractivity contribution in [1.29, 1.82) is 0 Å². The molecule has 0 aliphatic carbocycles. The number of aromatic hydroxyl groups is 1. The van der Waals surface area contributed by atoms with Crippen LogP contribution >= 0.6 is 0 Å². The summed E-state index contributed by atoms with van der Waals surface area (Å²) in [6, 6.07) is 3.76. The Labute approximate surface area is 117 Å². The molecule has 0 heterocycles. The average molecular weight is 285 g/mol. The molecular formula is C14H20FNO4. The Morgan fingerprint density at radius 1 is 1.30 bits per heavy atom. The highest BCUT2D eigenvalue weighted by Gasteiger charge is 2.15. The van der Waals surface area contributed by atoms with Crippen molar-refractivity contribution in [2.24, 2.45) is 0 Å². The van der Waals surface area contributed by atoms with Gasteiger partial charge in [-0.25, -0.2) is 4.39 Å². The first-order valence-electron chi connectivity index (χ1n) is 6.49. The van der Waals surface area contributed by atoms with Gasteiger partial charge in [-0.2, -0.15) is 0 Å². The number of benzene rings is 1. The van der Waals surface area contributed by atoms with Crippen molar-refractivity contribution < 1.29 is 23.8 Å². The van der Waals surface area contributed by atoms with Crippen molar-refractivity contribution in [2.75, 3.05) is 33.5 Å². The van der Waals surface area contributed by atoms with Gasteiger partial charge in [0.05, 0.1) is 13.2 Å². The minimum Gasteiger partial charge on any atom is -0.507 e. The van der Waals surface area contributed by atoms with Gasteiger partial charge in [0.15, 0.2) is 0 Å². The van der Waals surface area contributed by atoms with Crippen LogP contribution in [0.3, 0.4) is 0 Å². The van der Waals surface area contributed by atoms with Gasteiger partial charge in [0.2, 0.25) is 0 Å². The van der Waals surface area contributed by atoms with Crippen LogP contribution in [0.2, 0.25) is 0 Å². The third kappa shape index (κ3) is 5.54. The summed E-state index contributed by atoms with van der Waals surface area (Å²) in [6.07, 6.45) is 1.50. The van der Waals surface area contributed by atoms with Gasteiger partial charge in [-0.1, -0.05) is 6.07 Å². The molecule has 112 valence electrons. The van der Waals surface area contributed by atoms with Gasteiger partial charge in [-0.3, -0.25) is 4.79 Å². The number of rotatable bonds is 9. The van der Waals surface area contributed by atoms with E-state index in [0.29, 0.717) is 32.8 Å². The quantitative estimate of drug-likeness (QED) is 0.678. The smallest absolute Gasteiger partial charge is 0.258 e. The van der Waals surface area contributed by atoms with Crippen molar-refractivity contribution >= 4 is 5.91 Å². The highest BCUT2D eigenvalue weighted by molar-refractivity contribution is 5.97. The molecule has 20 heavy (non-hydrogen) atoms. The molecule has 1 aromatic carbocycles. The predicted octanol–water partition coefficient (Wildman–Crippen LogP) is 1.70. The molecule has 0 aliphatic rings. The van der Waals surface area contributed by atoms with Gasteiger partial charge in [0, 0.05) is 20.3 Å². The summed E-state index contributed by atoms with van der Waals surface area (Å²) >= 11 is 0. The molecule has 1 rings (SSSR count). The van der Waals surface area contributed by atoms with E-state index in [2.05, 4.69) is 5.32 Å². The monoisotopic (exact) mass is 285 g/mol. The first kappa shape index (κ1) is 16.4. The molecule has 5 nitrogen and oxygen atoms in total. The third-order valence-electron chi connectivity index (χ3n) is 2.65. The Morgan fingerprint density at radius 2 is 2.10 bits per heavy atom. The van der Waals surface area contributed by atoms with Gasteiger partial charge in [-0.15, -0.1) is 0 Å². The number of phenols is 1. The van der Waals surface area contributed by atoms with Gasteiger partial charge in [-0.05, 0) is 25.0 Å². The van der Waals surface area contributed by atoms with Crippen molar-refractivity contribution in [3.8, 4) is 5.75 Å². The topological polar surface area (TPSA) is 67.8 Å². The normalized spacial score (nSPS) is 10.5. The summed E-state index contributed by atoms with van der Waals surface area (Å²) < 4.78 is 23.5. The molecule has 0 aliphatic heterocycles. The van der Waals surface area contributed by atoms with Crippen molar-refractivity contribution in [1.82, 2.24) is 5.32 Å². The molecule has 0 fully saturated rings. The van der Waals surface area contributed by atoms with Crippen LogP contribution in [-0.2, 0) is 9.47 Å². The zero-order chi connectivity index (χ0) is 14.8. The van der Waals surface area contributed by atoms with Crippen LogP contribution in [0.5, 0.6) is 5.75 Å².